The summed E-state index contributed by atoms with van der Waals surface area (Å²) in [4.78, 5) is 36.5. The third-order valence-electron chi connectivity index (χ3n) is 4.90. The third kappa shape index (κ3) is 4.49. The van der Waals surface area contributed by atoms with Gasteiger partial charge in [0.05, 0.1) is 17.9 Å². The zero-order chi connectivity index (χ0) is 19.4. The molecular weight excluding hydrogens is 342 g/mol. The fraction of sp³-hybridized carbons (Fsp3) is 0.400. The van der Waals surface area contributed by atoms with Crippen molar-refractivity contribution >= 4 is 11.8 Å². The van der Waals surface area contributed by atoms with Gasteiger partial charge < -0.3 is 10.6 Å². The summed E-state index contributed by atoms with van der Waals surface area (Å²) in [7, 11) is 3.55. The van der Waals surface area contributed by atoms with Crippen LogP contribution in [0.5, 0.6) is 0 Å². The van der Waals surface area contributed by atoms with Gasteiger partial charge in [-0.05, 0) is 31.5 Å². The Hall–Kier alpha value is -2.80. The fourth-order valence-electron chi connectivity index (χ4n) is 3.44. The molecule has 1 aromatic carbocycles. The van der Waals surface area contributed by atoms with Crippen LogP contribution in [0.4, 0.5) is 0 Å². The number of amides is 2. The maximum atomic E-state index is 12.1. The lowest BCUT2D eigenvalue weighted by Gasteiger charge is -2.33. The Bertz CT molecular complexity index is 837. The smallest absolute Gasteiger partial charge is 0.248 e. The lowest BCUT2D eigenvalue weighted by molar-refractivity contribution is -0.130. The monoisotopic (exact) mass is 367 g/mol. The largest absolute Gasteiger partial charge is 0.366 e. The molecule has 3 rings (SSSR count). The summed E-state index contributed by atoms with van der Waals surface area (Å²) in [6.07, 6.45) is 5.35. The Morgan fingerprint density at radius 3 is 2.78 bits per heavy atom. The number of nitrogens with zero attached hydrogens (tertiary/aromatic N) is 4. The molecule has 2 heterocycles. The number of likely N-dealkylation sites (N-methyl/N-ethyl adjacent to an activating group) is 1. The Morgan fingerprint density at radius 1 is 1.26 bits per heavy atom. The van der Waals surface area contributed by atoms with Crippen LogP contribution in [0.2, 0.25) is 0 Å². The van der Waals surface area contributed by atoms with E-state index in [0.717, 1.165) is 42.9 Å². The molecule has 0 saturated carbocycles. The molecule has 1 aliphatic heterocycles. The van der Waals surface area contributed by atoms with E-state index in [1.807, 2.05) is 6.07 Å². The maximum absolute atomic E-state index is 12.1. The summed E-state index contributed by atoms with van der Waals surface area (Å²) in [5.41, 5.74) is 8.37. The lowest BCUT2D eigenvalue weighted by atomic mass is 9.91. The molecule has 2 aromatic rings. The van der Waals surface area contributed by atoms with Crippen LogP contribution in [0.1, 0.15) is 34.8 Å². The number of nitrogens with two attached hydrogens (primary N) is 1. The molecule has 27 heavy (non-hydrogen) atoms. The van der Waals surface area contributed by atoms with Crippen LogP contribution in [0, 0.1) is 0 Å². The highest BCUT2D eigenvalue weighted by atomic mass is 16.2. The Balaban J connectivity index is 1.86. The number of aromatic nitrogens is 2. The molecule has 1 fully saturated rings. The first kappa shape index (κ1) is 19.0. The second-order valence-electron chi connectivity index (χ2n) is 7.10. The molecule has 1 unspecified atom stereocenters. The van der Waals surface area contributed by atoms with Crippen LogP contribution in [-0.2, 0) is 4.79 Å². The van der Waals surface area contributed by atoms with Gasteiger partial charge in [-0.2, -0.15) is 0 Å². The Labute approximate surface area is 159 Å². The van der Waals surface area contributed by atoms with Crippen molar-refractivity contribution in [2.75, 3.05) is 33.7 Å². The van der Waals surface area contributed by atoms with Crippen LogP contribution in [0.15, 0.2) is 36.7 Å². The van der Waals surface area contributed by atoms with E-state index < -0.39 is 5.91 Å². The van der Waals surface area contributed by atoms with E-state index in [4.69, 9.17) is 5.73 Å². The van der Waals surface area contributed by atoms with Crippen molar-refractivity contribution < 1.29 is 9.59 Å². The van der Waals surface area contributed by atoms with Gasteiger partial charge in [-0.3, -0.25) is 24.5 Å². The molecule has 0 spiro atoms. The third-order valence-corrected chi connectivity index (χ3v) is 4.90. The molecule has 7 heteroatoms. The number of carbonyl (C=O) groups excluding carboxylic acids is 2. The standard InChI is InChI=1S/C20H25N5O2/c1-24(2)17(26)13-25-10-4-7-16(12-25)19-18(22-8-9-23-19)14-5-3-6-15(11-14)20(21)27/h3,5-6,8-9,11,16H,4,7,10,12-13H2,1-2H3,(H2,21,27). The highest BCUT2D eigenvalue weighted by Crippen LogP contribution is 2.32. The van der Waals surface area contributed by atoms with Crippen molar-refractivity contribution in [3.8, 4) is 11.3 Å². The van der Waals surface area contributed by atoms with Crippen molar-refractivity contribution in [2.24, 2.45) is 5.73 Å². The lowest BCUT2D eigenvalue weighted by Crippen LogP contribution is -2.41. The van der Waals surface area contributed by atoms with Crippen LogP contribution in [0.25, 0.3) is 11.3 Å². The van der Waals surface area contributed by atoms with E-state index in [9.17, 15) is 9.59 Å². The summed E-state index contributed by atoms with van der Waals surface area (Å²) in [6.45, 7) is 2.08. The van der Waals surface area contributed by atoms with Gasteiger partial charge in [-0.25, -0.2) is 0 Å². The second kappa shape index (κ2) is 8.26. The molecule has 2 N–H and O–H groups in total. The minimum atomic E-state index is -0.465. The molecule has 0 radical (unpaired) electrons. The van der Waals surface area contributed by atoms with E-state index in [1.165, 1.54) is 0 Å². The van der Waals surface area contributed by atoms with E-state index in [2.05, 4.69) is 14.9 Å². The molecule has 1 aromatic heterocycles. The summed E-state index contributed by atoms with van der Waals surface area (Å²) in [5.74, 6) is -0.174. The van der Waals surface area contributed by atoms with E-state index in [-0.39, 0.29) is 11.8 Å². The average molecular weight is 367 g/mol. The minimum Gasteiger partial charge on any atom is -0.366 e. The number of rotatable bonds is 5. The van der Waals surface area contributed by atoms with Crippen molar-refractivity contribution in [1.29, 1.82) is 0 Å². The summed E-state index contributed by atoms with van der Waals surface area (Å²) >= 11 is 0. The predicted molar refractivity (Wildman–Crippen MR) is 103 cm³/mol. The van der Waals surface area contributed by atoms with Gasteiger partial charge in [0.1, 0.15) is 0 Å². The van der Waals surface area contributed by atoms with Crippen LogP contribution in [-0.4, -0.2) is 65.3 Å². The number of piperidine rings is 1. The van der Waals surface area contributed by atoms with Gasteiger partial charge in [0.15, 0.2) is 0 Å². The molecule has 1 aliphatic rings. The van der Waals surface area contributed by atoms with Gasteiger partial charge in [0.2, 0.25) is 11.8 Å². The molecule has 0 bridgehead atoms. The zero-order valence-corrected chi connectivity index (χ0v) is 15.8. The number of benzene rings is 1. The first-order valence-corrected chi connectivity index (χ1v) is 9.09. The molecular formula is C20H25N5O2. The van der Waals surface area contributed by atoms with Crippen LogP contribution < -0.4 is 5.73 Å². The van der Waals surface area contributed by atoms with Crippen molar-refractivity contribution in [3.05, 3.63) is 47.9 Å². The number of hydrogen-bond acceptors (Lipinski definition) is 5. The first-order chi connectivity index (χ1) is 13.0. The topological polar surface area (TPSA) is 92.4 Å². The summed E-state index contributed by atoms with van der Waals surface area (Å²) < 4.78 is 0. The fourth-order valence-corrected chi connectivity index (χ4v) is 3.44. The summed E-state index contributed by atoms with van der Waals surface area (Å²) in [6, 6.07) is 7.16. The van der Waals surface area contributed by atoms with E-state index in [1.54, 1.807) is 49.6 Å². The predicted octanol–water partition coefficient (Wildman–Crippen LogP) is 1.51. The van der Waals surface area contributed by atoms with E-state index in [0.29, 0.717) is 12.1 Å². The highest BCUT2D eigenvalue weighted by molar-refractivity contribution is 5.94. The molecule has 142 valence electrons. The van der Waals surface area contributed by atoms with Crippen LogP contribution in [0.3, 0.4) is 0 Å². The van der Waals surface area contributed by atoms with Gasteiger partial charge in [0, 0.05) is 50.1 Å². The molecule has 1 saturated heterocycles. The average Bonchev–Trinajstić information content (AvgIpc) is 2.68. The first-order valence-electron chi connectivity index (χ1n) is 9.09. The SMILES string of the molecule is CN(C)C(=O)CN1CCCC(c2nccnc2-c2cccc(C(N)=O)c2)C1. The van der Waals surface area contributed by atoms with Crippen molar-refractivity contribution in [1.82, 2.24) is 19.8 Å². The van der Waals surface area contributed by atoms with Gasteiger partial charge in [-0.15, -0.1) is 0 Å². The number of hydrogen-bond donors (Lipinski definition) is 1. The quantitative estimate of drug-likeness (QED) is 0.865. The normalized spacial score (nSPS) is 17.5. The Morgan fingerprint density at radius 2 is 2.04 bits per heavy atom. The van der Waals surface area contributed by atoms with Gasteiger partial charge in [-0.1, -0.05) is 12.1 Å². The van der Waals surface area contributed by atoms with Crippen LogP contribution >= 0.6 is 0 Å². The van der Waals surface area contributed by atoms with Crippen molar-refractivity contribution in [2.45, 2.75) is 18.8 Å². The number of likely N-dealkylation sites (tertiary alicyclic amines) is 1. The minimum absolute atomic E-state index is 0.101. The van der Waals surface area contributed by atoms with E-state index >= 15 is 0 Å². The molecule has 0 aliphatic carbocycles. The van der Waals surface area contributed by atoms with Crippen molar-refractivity contribution in [3.63, 3.8) is 0 Å². The zero-order valence-electron chi connectivity index (χ0n) is 15.8. The Kier molecular flexibility index (Phi) is 5.81. The van der Waals surface area contributed by atoms with Gasteiger partial charge >= 0.3 is 0 Å². The number of carbonyl (C=O) groups is 2. The van der Waals surface area contributed by atoms with Gasteiger partial charge in [0.25, 0.3) is 0 Å². The molecule has 7 nitrogen and oxygen atoms in total. The highest BCUT2D eigenvalue weighted by Gasteiger charge is 2.26. The maximum Gasteiger partial charge on any atom is 0.248 e. The number of primary amides is 1. The molecule has 1 atom stereocenters. The molecule has 2 amide bonds. The summed E-state index contributed by atoms with van der Waals surface area (Å²) in [5, 5.41) is 0. The second-order valence-corrected chi connectivity index (χ2v) is 7.10.